The first-order valence-electron chi connectivity index (χ1n) is 22.1. The number of aromatic nitrogens is 1. The minimum atomic E-state index is 0.180. The molecule has 1 aromatic heterocycles. The van der Waals surface area contributed by atoms with Crippen LogP contribution in [0.15, 0.2) is 73.0 Å². The summed E-state index contributed by atoms with van der Waals surface area (Å²) in [7, 11) is 2.22. The first-order valence-corrected chi connectivity index (χ1v) is 22.1. The summed E-state index contributed by atoms with van der Waals surface area (Å²) in [6.45, 7) is 9.00. The molecule has 0 aliphatic rings. The Bertz CT molecular complexity index is 956. The van der Waals surface area contributed by atoms with E-state index in [0.29, 0.717) is 0 Å². The molecule has 0 amide bonds. The molecule has 4 heteroatoms. The fourth-order valence-electron chi connectivity index (χ4n) is 6.29. The second kappa shape index (κ2) is 40.2. The van der Waals surface area contributed by atoms with E-state index < -0.39 is 0 Å². The summed E-state index contributed by atoms with van der Waals surface area (Å²) in [5.74, 6) is 0. The van der Waals surface area contributed by atoms with Crippen LogP contribution in [0.1, 0.15) is 180 Å². The lowest BCUT2D eigenvalue weighted by Crippen LogP contribution is -2.29. The molecule has 0 saturated carbocycles. The molecule has 0 fully saturated rings. The van der Waals surface area contributed by atoms with Gasteiger partial charge in [-0.2, -0.15) is 0 Å². The Balaban J connectivity index is 2.15. The van der Waals surface area contributed by atoms with Gasteiger partial charge < -0.3 is 14.4 Å². The molecule has 52 heavy (non-hydrogen) atoms. The first kappa shape index (κ1) is 48.0. The molecule has 0 aliphatic heterocycles. The maximum atomic E-state index is 6.42. The zero-order valence-electron chi connectivity index (χ0n) is 34.6. The van der Waals surface area contributed by atoms with E-state index in [1.54, 1.807) is 0 Å². The van der Waals surface area contributed by atoms with Crippen LogP contribution in [-0.4, -0.2) is 55.9 Å². The van der Waals surface area contributed by atoms with Crippen molar-refractivity contribution in [1.29, 1.82) is 0 Å². The summed E-state index contributed by atoms with van der Waals surface area (Å²) in [5.41, 5.74) is 1.16. The maximum absolute atomic E-state index is 6.42. The van der Waals surface area contributed by atoms with Crippen molar-refractivity contribution in [2.45, 2.75) is 187 Å². The van der Waals surface area contributed by atoms with Gasteiger partial charge in [0.05, 0.1) is 12.7 Å². The number of allylic oxidation sites excluding steroid dienone is 8. The van der Waals surface area contributed by atoms with Crippen molar-refractivity contribution < 1.29 is 9.47 Å². The smallest absolute Gasteiger partial charge is 0.0820 e. The SMILES string of the molecule is CCCCC/C=C\C/C=C\CCCCCCCCOCC(CCN(C)CCc1ccccn1)OCCCCCCCC/C=C\C/C=C\CCCCC. The molecule has 1 atom stereocenters. The van der Waals surface area contributed by atoms with Crippen LogP contribution in [0.3, 0.4) is 0 Å². The van der Waals surface area contributed by atoms with Crippen LogP contribution in [0.25, 0.3) is 0 Å². The topological polar surface area (TPSA) is 34.6 Å². The maximum Gasteiger partial charge on any atom is 0.0820 e. The Morgan fingerprint density at radius 3 is 1.60 bits per heavy atom. The van der Waals surface area contributed by atoms with Gasteiger partial charge in [-0.25, -0.2) is 0 Å². The van der Waals surface area contributed by atoms with E-state index in [-0.39, 0.29) is 6.10 Å². The van der Waals surface area contributed by atoms with Crippen LogP contribution in [0.5, 0.6) is 0 Å². The highest BCUT2D eigenvalue weighted by atomic mass is 16.5. The van der Waals surface area contributed by atoms with Crippen molar-refractivity contribution >= 4 is 0 Å². The molecule has 0 aliphatic carbocycles. The standard InChI is InChI=1S/C48H84N2O2/c1-4-6-8-10-12-14-16-18-20-22-24-26-28-30-32-36-44-51-46-48(40-43-50(3)42-39-47-38-34-35-41-49-47)52-45-37-33-31-29-27-25-23-21-19-17-15-13-11-9-7-5-2/h12-15,18-21,34-35,38,41,48H,4-11,16-17,22-33,36-37,39-40,42-46H2,1-3H3/b14-12-,15-13-,20-18-,21-19-. The molecule has 0 aromatic carbocycles. The highest BCUT2D eigenvalue weighted by Gasteiger charge is 2.12. The number of rotatable bonds is 39. The van der Waals surface area contributed by atoms with Crippen LogP contribution in [-0.2, 0) is 15.9 Å². The van der Waals surface area contributed by atoms with Gasteiger partial charge in [0.25, 0.3) is 0 Å². The molecular weight excluding hydrogens is 637 g/mol. The number of hydrogen-bond donors (Lipinski definition) is 0. The lowest BCUT2D eigenvalue weighted by molar-refractivity contribution is -0.0254. The summed E-state index contributed by atoms with van der Waals surface area (Å²) in [6.07, 6.45) is 53.4. The van der Waals surface area contributed by atoms with Crippen LogP contribution in [0.2, 0.25) is 0 Å². The van der Waals surface area contributed by atoms with Gasteiger partial charge in [-0.05, 0) is 103 Å². The van der Waals surface area contributed by atoms with E-state index in [9.17, 15) is 0 Å². The molecule has 0 bridgehead atoms. The monoisotopic (exact) mass is 721 g/mol. The van der Waals surface area contributed by atoms with Crippen molar-refractivity contribution in [2.24, 2.45) is 0 Å². The molecule has 1 rings (SSSR count). The summed E-state index contributed by atoms with van der Waals surface area (Å²) in [4.78, 5) is 6.89. The summed E-state index contributed by atoms with van der Waals surface area (Å²) in [5, 5.41) is 0. The van der Waals surface area contributed by atoms with Crippen LogP contribution in [0, 0.1) is 0 Å². The Morgan fingerprint density at radius 2 is 1.08 bits per heavy atom. The predicted octanol–water partition coefficient (Wildman–Crippen LogP) is 14.0. The zero-order chi connectivity index (χ0) is 37.3. The number of nitrogens with zero attached hydrogens (tertiary/aromatic N) is 2. The third-order valence-electron chi connectivity index (χ3n) is 9.80. The first-order chi connectivity index (χ1) is 25.8. The average Bonchev–Trinajstić information content (AvgIpc) is 3.16. The lowest BCUT2D eigenvalue weighted by atomic mass is 10.1. The number of hydrogen-bond acceptors (Lipinski definition) is 4. The van der Waals surface area contributed by atoms with Gasteiger partial charge >= 0.3 is 0 Å². The van der Waals surface area contributed by atoms with Crippen LogP contribution >= 0.6 is 0 Å². The molecule has 1 aromatic rings. The van der Waals surface area contributed by atoms with E-state index >= 15 is 0 Å². The molecule has 0 saturated heterocycles. The Labute approximate surface area is 324 Å². The number of likely N-dealkylation sites (N-methyl/N-ethyl adjacent to an activating group) is 1. The van der Waals surface area contributed by atoms with Crippen molar-refractivity contribution in [3.05, 3.63) is 78.7 Å². The molecular formula is C48H84N2O2. The Hall–Kier alpha value is -2.01. The van der Waals surface area contributed by atoms with E-state index in [4.69, 9.17) is 9.47 Å². The summed E-state index contributed by atoms with van der Waals surface area (Å²) < 4.78 is 12.6. The number of ether oxygens (including phenoxy) is 2. The van der Waals surface area contributed by atoms with E-state index in [1.807, 2.05) is 12.3 Å². The fourth-order valence-corrected chi connectivity index (χ4v) is 6.29. The normalized spacial score (nSPS) is 12.9. The minimum Gasteiger partial charge on any atom is -0.379 e. The van der Waals surface area contributed by atoms with Crippen molar-refractivity contribution in [1.82, 2.24) is 9.88 Å². The third kappa shape index (κ3) is 35.0. The third-order valence-corrected chi connectivity index (χ3v) is 9.80. The second-order valence-corrected chi connectivity index (χ2v) is 14.9. The second-order valence-electron chi connectivity index (χ2n) is 14.9. The predicted molar refractivity (Wildman–Crippen MR) is 229 cm³/mol. The van der Waals surface area contributed by atoms with Gasteiger partial charge in [-0.15, -0.1) is 0 Å². The van der Waals surface area contributed by atoms with Crippen molar-refractivity contribution in [3.8, 4) is 0 Å². The highest BCUT2D eigenvalue weighted by Crippen LogP contribution is 2.12. The Morgan fingerprint density at radius 1 is 0.577 bits per heavy atom. The van der Waals surface area contributed by atoms with E-state index in [0.717, 1.165) is 77.1 Å². The van der Waals surface area contributed by atoms with Gasteiger partial charge in [0.15, 0.2) is 0 Å². The summed E-state index contributed by atoms with van der Waals surface area (Å²) >= 11 is 0. The lowest BCUT2D eigenvalue weighted by Gasteiger charge is -2.22. The largest absolute Gasteiger partial charge is 0.379 e. The van der Waals surface area contributed by atoms with Crippen molar-refractivity contribution in [2.75, 3.05) is 40.0 Å². The van der Waals surface area contributed by atoms with Gasteiger partial charge in [0.2, 0.25) is 0 Å². The molecule has 0 spiro atoms. The molecule has 0 N–H and O–H groups in total. The average molecular weight is 721 g/mol. The zero-order valence-corrected chi connectivity index (χ0v) is 34.6. The molecule has 298 valence electrons. The highest BCUT2D eigenvalue weighted by molar-refractivity contribution is 5.03. The van der Waals surface area contributed by atoms with Crippen LogP contribution in [0.4, 0.5) is 0 Å². The Kier molecular flexibility index (Phi) is 37.1. The van der Waals surface area contributed by atoms with Gasteiger partial charge in [0, 0.05) is 44.6 Å². The van der Waals surface area contributed by atoms with Crippen molar-refractivity contribution in [3.63, 3.8) is 0 Å². The van der Waals surface area contributed by atoms with E-state index in [1.165, 1.54) is 128 Å². The number of unbranched alkanes of at least 4 members (excludes halogenated alkanes) is 18. The van der Waals surface area contributed by atoms with Gasteiger partial charge in [-0.3, -0.25) is 4.98 Å². The fraction of sp³-hybridized carbons (Fsp3) is 0.729. The molecule has 1 unspecified atom stereocenters. The minimum absolute atomic E-state index is 0.180. The number of pyridine rings is 1. The summed E-state index contributed by atoms with van der Waals surface area (Å²) in [6, 6.07) is 6.18. The quantitative estimate of drug-likeness (QED) is 0.0501. The molecule has 0 radical (unpaired) electrons. The van der Waals surface area contributed by atoms with E-state index in [2.05, 4.69) is 91.5 Å². The molecule has 1 heterocycles. The van der Waals surface area contributed by atoms with Crippen LogP contribution < -0.4 is 0 Å². The van der Waals surface area contributed by atoms with Gasteiger partial charge in [0.1, 0.15) is 0 Å². The van der Waals surface area contributed by atoms with Gasteiger partial charge in [-0.1, -0.05) is 146 Å². The molecule has 4 nitrogen and oxygen atoms in total.